The molecule has 1 saturated heterocycles. The first-order valence-corrected chi connectivity index (χ1v) is 11.3. The van der Waals surface area contributed by atoms with Crippen LogP contribution in [0.5, 0.6) is 11.5 Å². The average molecular weight is 480 g/mol. The van der Waals surface area contributed by atoms with Crippen LogP contribution < -0.4 is 19.7 Å². The minimum atomic E-state index is -0.250. The van der Waals surface area contributed by atoms with Gasteiger partial charge >= 0.3 is 0 Å². The van der Waals surface area contributed by atoms with Crippen LogP contribution in [0, 0.1) is 0 Å². The summed E-state index contributed by atoms with van der Waals surface area (Å²) in [4.78, 5) is 29.5. The lowest BCUT2D eigenvalue weighted by Crippen LogP contribution is -2.48. The van der Waals surface area contributed by atoms with E-state index in [-0.39, 0.29) is 11.8 Å². The van der Waals surface area contributed by atoms with Crippen LogP contribution in [0.4, 0.5) is 11.4 Å². The summed E-state index contributed by atoms with van der Waals surface area (Å²) in [7, 11) is 3.13. The maximum Gasteiger partial charge on any atom is 0.257 e. The molecule has 1 heterocycles. The summed E-state index contributed by atoms with van der Waals surface area (Å²) in [5.74, 6) is 0.875. The Kier molecular flexibility index (Phi) is 7.23. The van der Waals surface area contributed by atoms with E-state index >= 15 is 0 Å². The third-order valence-corrected chi connectivity index (χ3v) is 6.10. The molecule has 3 aromatic carbocycles. The largest absolute Gasteiger partial charge is 0.497 e. The summed E-state index contributed by atoms with van der Waals surface area (Å²) in [6.45, 7) is 2.61. The minimum Gasteiger partial charge on any atom is -0.497 e. The van der Waals surface area contributed by atoms with Crippen LogP contribution in [0.3, 0.4) is 0 Å². The van der Waals surface area contributed by atoms with Gasteiger partial charge in [0.2, 0.25) is 0 Å². The molecule has 34 heavy (non-hydrogen) atoms. The fraction of sp³-hybridized carbons (Fsp3) is 0.231. The van der Waals surface area contributed by atoms with E-state index in [1.165, 1.54) is 0 Å². The lowest BCUT2D eigenvalue weighted by molar-refractivity contribution is 0.0746. The van der Waals surface area contributed by atoms with Gasteiger partial charge in [-0.1, -0.05) is 23.7 Å². The molecular formula is C26H26ClN3O4. The van der Waals surface area contributed by atoms with Crippen molar-refractivity contribution >= 4 is 34.8 Å². The number of piperazine rings is 1. The number of amides is 2. The van der Waals surface area contributed by atoms with Gasteiger partial charge in [-0.05, 0) is 48.5 Å². The Balaban J connectivity index is 1.36. The van der Waals surface area contributed by atoms with Crippen molar-refractivity contribution in [2.45, 2.75) is 0 Å². The molecule has 0 unspecified atom stereocenters. The lowest BCUT2D eigenvalue weighted by Gasteiger charge is -2.36. The molecular weight excluding hydrogens is 454 g/mol. The van der Waals surface area contributed by atoms with Crippen LogP contribution >= 0.6 is 11.6 Å². The fourth-order valence-electron chi connectivity index (χ4n) is 3.88. The molecule has 0 aliphatic carbocycles. The smallest absolute Gasteiger partial charge is 0.257 e. The van der Waals surface area contributed by atoms with Gasteiger partial charge in [0.15, 0.2) is 0 Å². The average Bonchev–Trinajstić information content (AvgIpc) is 2.88. The first kappa shape index (κ1) is 23.4. The van der Waals surface area contributed by atoms with Crippen molar-refractivity contribution in [2.24, 2.45) is 0 Å². The number of methoxy groups -OCH3 is 2. The highest BCUT2D eigenvalue weighted by Gasteiger charge is 2.23. The molecule has 8 heteroatoms. The highest BCUT2D eigenvalue weighted by atomic mass is 35.5. The summed E-state index contributed by atoms with van der Waals surface area (Å²) in [6, 6.07) is 19.8. The molecule has 3 aromatic rings. The van der Waals surface area contributed by atoms with Crippen molar-refractivity contribution in [3.63, 3.8) is 0 Å². The van der Waals surface area contributed by atoms with Gasteiger partial charge in [-0.3, -0.25) is 9.59 Å². The van der Waals surface area contributed by atoms with E-state index in [4.69, 9.17) is 21.1 Å². The Morgan fingerprint density at radius 2 is 1.47 bits per heavy atom. The van der Waals surface area contributed by atoms with E-state index in [1.807, 2.05) is 29.2 Å². The Labute approximate surface area is 203 Å². The number of rotatable bonds is 6. The van der Waals surface area contributed by atoms with Crippen LogP contribution in [-0.2, 0) is 0 Å². The predicted octanol–water partition coefficient (Wildman–Crippen LogP) is 4.57. The van der Waals surface area contributed by atoms with Crippen molar-refractivity contribution < 1.29 is 19.1 Å². The van der Waals surface area contributed by atoms with Crippen LogP contribution in [0.2, 0.25) is 5.02 Å². The van der Waals surface area contributed by atoms with Crippen molar-refractivity contribution in [1.82, 2.24) is 4.90 Å². The Morgan fingerprint density at radius 1 is 0.853 bits per heavy atom. The monoisotopic (exact) mass is 479 g/mol. The topological polar surface area (TPSA) is 71.1 Å². The number of ether oxygens (including phenoxy) is 2. The molecule has 1 fully saturated rings. The molecule has 0 atom stereocenters. The molecule has 0 spiro atoms. The molecule has 176 valence electrons. The summed E-state index contributed by atoms with van der Waals surface area (Å²) < 4.78 is 10.6. The second-order valence-corrected chi connectivity index (χ2v) is 8.27. The van der Waals surface area contributed by atoms with E-state index in [2.05, 4.69) is 10.2 Å². The van der Waals surface area contributed by atoms with E-state index in [1.54, 1.807) is 56.7 Å². The SMILES string of the molecule is COc1cc(OC)cc(C(=O)N2CCN(c3ccc(NC(=O)c4ccccc4Cl)cc3)CC2)c1. The van der Waals surface area contributed by atoms with Gasteiger partial charge < -0.3 is 24.6 Å². The maximum atomic E-state index is 13.0. The van der Waals surface area contributed by atoms with Gasteiger partial charge in [-0.15, -0.1) is 0 Å². The second kappa shape index (κ2) is 10.5. The molecule has 1 aliphatic heterocycles. The van der Waals surface area contributed by atoms with Crippen molar-refractivity contribution in [2.75, 3.05) is 50.6 Å². The number of nitrogens with zero attached hydrogens (tertiary/aromatic N) is 2. The zero-order chi connectivity index (χ0) is 24.1. The van der Waals surface area contributed by atoms with Gasteiger partial charge in [0.25, 0.3) is 11.8 Å². The maximum absolute atomic E-state index is 13.0. The molecule has 1 aliphatic rings. The molecule has 2 amide bonds. The van der Waals surface area contributed by atoms with Crippen LogP contribution in [0.1, 0.15) is 20.7 Å². The highest BCUT2D eigenvalue weighted by molar-refractivity contribution is 6.34. The lowest BCUT2D eigenvalue weighted by atomic mass is 10.1. The quantitative estimate of drug-likeness (QED) is 0.560. The number of nitrogens with one attached hydrogen (secondary N) is 1. The Bertz CT molecular complexity index is 1150. The minimum absolute atomic E-state index is 0.0468. The third-order valence-electron chi connectivity index (χ3n) is 5.77. The predicted molar refractivity (Wildman–Crippen MR) is 134 cm³/mol. The van der Waals surface area contributed by atoms with Gasteiger partial charge in [0, 0.05) is 49.2 Å². The van der Waals surface area contributed by atoms with Crippen LogP contribution in [0.15, 0.2) is 66.7 Å². The number of hydrogen-bond acceptors (Lipinski definition) is 5. The van der Waals surface area contributed by atoms with Gasteiger partial charge in [0.1, 0.15) is 11.5 Å². The Morgan fingerprint density at radius 3 is 2.06 bits per heavy atom. The number of benzene rings is 3. The summed E-state index contributed by atoms with van der Waals surface area (Å²) in [5, 5.41) is 3.29. The van der Waals surface area contributed by atoms with Gasteiger partial charge in [0.05, 0.1) is 24.8 Å². The normalized spacial score (nSPS) is 13.4. The molecule has 7 nitrogen and oxygen atoms in total. The molecule has 0 radical (unpaired) electrons. The highest BCUT2D eigenvalue weighted by Crippen LogP contribution is 2.25. The first-order valence-electron chi connectivity index (χ1n) is 10.9. The molecule has 0 aromatic heterocycles. The number of halogens is 1. The van der Waals surface area contributed by atoms with Crippen molar-refractivity contribution in [3.8, 4) is 11.5 Å². The summed E-state index contributed by atoms with van der Waals surface area (Å²) >= 11 is 6.11. The second-order valence-electron chi connectivity index (χ2n) is 7.86. The number of carbonyl (C=O) groups excluding carboxylic acids is 2. The van der Waals surface area contributed by atoms with Crippen LogP contribution in [0.25, 0.3) is 0 Å². The summed E-state index contributed by atoms with van der Waals surface area (Å²) in [6.07, 6.45) is 0. The summed E-state index contributed by atoms with van der Waals surface area (Å²) in [5.41, 5.74) is 2.70. The third kappa shape index (κ3) is 5.26. The zero-order valence-corrected chi connectivity index (χ0v) is 19.8. The molecule has 4 rings (SSSR count). The zero-order valence-electron chi connectivity index (χ0n) is 19.1. The Hall–Kier alpha value is -3.71. The number of carbonyl (C=O) groups is 2. The molecule has 1 N–H and O–H groups in total. The molecule has 0 saturated carbocycles. The number of hydrogen-bond donors (Lipinski definition) is 1. The molecule has 0 bridgehead atoms. The van der Waals surface area contributed by atoms with E-state index in [0.717, 1.165) is 5.69 Å². The van der Waals surface area contributed by atoms with E-state index in [9.17, 15) is 9.59 Å². The van der Waals surface area contributed by atoms with E-state index < -0.39 is 0 Å². The first-order chi connectivity index (χ1) is 16.5. The van der Waals surface area contributed by atoms with Gasteiger partial charge in [-0.2, -0.15) is 0 Å². The van der Waals surface area contributed by atoms with Crippen molar-refractivity contribution in [1.29, 1.82) is 0 Å². The number of anilines is 2. The van der Waals surface area contributed by atoms with E-state index in [0.29, 0.717) is 59.5 Å². The fourth-order valence-corrected chi connectivity index (χ4v) is 4.10. The standard InChI is InChI=1S/C26H26ClN3O4/c1-33-21-15-18(16-22(17-21)34-2)26(32)30-13-11-29(12-14-30)20-9-7-19(8-10-20)28-25(31)23-5-3-4-6-24(23)27/h3-10,15-17H,11-14H2,1-2H3,(H,28,31). The van der Waals surface area contributed by atoms with Crippen LogP contribution in [-0.4, -0.2) is 57.1 Å². The van der Waals surface area contributed by atoms with Gasteiger partial charge in [-0.25, -0.2) is 0 Å². The van der Waals surface area contributed by atoms with Crippen molar-refractivity contribution in [3.05, 3.63) is 82.9 Å².